The van der Waals surface area contributed by atoms with Gasteiger partial charge < -0.3 is 4.57 Å². The topological polar surface area (TPSA) is 22.0 Å². The van der Waals surface area contributed by atoms with Crippen LogP contribution in [0.15, 0.2) is 22.7 Å². The number of hydrogen-bond donors (Lipinski definition) is 0. The Labute approximate surface area is 123 Å². The molecule has 1 aliphatic rings. The highest BCUT2D eigenvalue weighted by Crippen LogP contribution is 2.31. The number of fused-ring (bicyclic) bond motifs is 1. The summed E-state index contributed by atoms with van der Waals surface area (Å²) < 4.78 is 30.2. The maximum absolute atomic E-state index is 14.1. The van der Waals surface area contributed by atoms with Crippen LogP contribution < -0.4 is 0 Å². The molecule has 0 saturated heterocycles. The lowest BCUT2D eigenvalue weighted by Crippen LogP contribution is -2.14. The Morgan fingerprint density at radius 1 is 1.15 bits per heavy atom. The Morgan fingerprint density at radius 3 is 2.45 bits per heavy atom. The number of rotatable bonds is 1. The van der Waals surface area contributed by atoms with E-state index in [9.17, 15) is 13.6 Å². The van der Waals surface area contributed by atoms with Crippen LogP contribution in [-0.4, -0.2) is 10.4 Å². The van der Waals surface area contributed by atoms with Crippen molar-refractivity contribution in [2.24, 2.45) is 0 Å². The van der Waals surface area contributed by atoms with Crippen molar-refractivity contribution in [1.29, 1.82) is 0 Å². The molecule has 1 heterocycles. The molecule has 5 heteroatoms. The Hall–Kier alpha value is -1.49. The molecule has 104 valence electrons. The molecular formula is C15H12BrF2NO. The molecule has 2 nitrogen and oxygen atoms in total. The number of nitrogens with zero attached hydrogens (tertiary/aromatic N) is 1. The SMILES string of the molecule is Cc1cc2c(n1-c1c(F)cc(Br)cc1F)CCCC2=O. The van der Waals surface area contributed by atoms with Crippen molar-refractivity contribution >= 4 is 21.7 Å². The average molecular weight is 340 g/mol. The van der Waals surface area contributed by atoms with Gasteiger partial charge >= 0.3 is 0 Å². The van der Waals surface area contributed by atoms with E-state index < -0.39 is 11.6 Å². The Kier molecular flexibility index (Phi) is 3.24. The van der Waals surface area contributed by atoms with Crippen LogP contribution in [0, 0.1) is 18.6 Å². The second-order valence-corrected chi connectivity index (χ2v) is 5.89. The smallest absolute Gasteiger partial charge is 0.164 e. The van der Waals surface area contributed by atoms with Crippen LogP contribution in [0.3, 0.4) is 0 Å². The van der Waals surface area contributed by atoms with Crippen LogP contribution in [0.1, 0.15) is 34.6 Å². The van der Waals surface area contributed by atoms with Gasteiger partial charge in [-0.2, -0.15) is 0 Å². The molecular weight excluding hydrogens is 328 g/mol. The number of Topliss-reactive ketones (excluding diaryl/α,β-unsaturated/α-hetero) is 1. The third-order valence-corrected chi connectivity index (χ3v) is 4.07. The Balaban J connectivity index is 2.29. The predicted octanol–water partition coefficient (Wildman–Crippen LogP) is 4.35. The average Bonchev–Trinajstić information content (AvgIpc) is 2.67. The van der Waals surface area contributed by atoms with Gasteiger partial charge in [-0.15, -0.1) is 0 Å². The van der Waals surface area contributed by atoms with E-state index >= 15 is 0 Å². The maximum atomic E-state index is 14.1. The highest BCUT2D eigenvalue weighted by molar-refractivity contribution is 9.10. The second kappa shape index (κ2) is 4.81. The van der Waals surface area contributed by atoms with Crippen molar-refractivity contribution in [3.8, 4) is 5.69 Å². The third kappa shape index (κ3) is 2.00. The van der Waals surface area contributed by atoms with Crippen molar-refractivity contribution < 1.29 is 13.6 Å². The van der Waals surface area contributed by atoms with Crippen LogP contribution in [0.25, 0.3) is 5.69 Å². The zero-order chi connectivity index (χ0) is 14.4. The molecule has 1 aromatic carbocycles. The van der Waals surface area contributed by atoms with Crippen molar-refractivity contribution in [1.82, 2.24) is 4.57 Å². The molecule has 2 aromatic rings. The predicted molar refractivity (Wildman–Crippen MR) is 75.4 cm³/mol. The van der Waals surface area contributed by atoms with Gasteiger partial charge in [0.15, 0.2) is 17.4 Å². The zero-order valence-corrected chi connectivity index (χ0v) is 12.4. The lowest BCUT2D eigenvalue weighted by atomic mass is 9.96. The van der Waals surface area contributed by atoms with Crippen molar-refractivity contribution in [3.05, 3.63) is 51.3 Å². The molecule has 0 fully saturated rings. The van der Waals surface area contributed by atoms with E-state index in [1.165, 1.54) is 16.7 Å². The number of ketones is 1. The summed E-state index contributed by atoms with van der Waals surface area (Å²) in [6.45, 7) is 1.76. The lowest BCUT2D eigenvalue weighted by molar-refractivity contribution is 0.0972. The summed E-state index contributed by atoms with van der Waals surface area (Å²) in [7, 11) is 0. The summed E-state index contributed by atoms with van der Waals surface area (Å²) in [5, 5.41) is 0. The van der Waals surface area contributed by atoms with Gasteiger partial charge in [-0.25, -0.2) is 8.78 Å². The van der Waals surface area contributed by atoms with E-state index in [0.717, 1.165) is 6.42 Å². The van der Waals surface area contributed by atoms with Crippen LogP contribution in [0.5, 0.6) is 0 Å². The quantitative estimate of drug-likeness (QED) is 0.757. The monoisotopic (exact) mass is 339 g/mol. The number of hydrogen-bond acceptors (Lipinski definition) is 1. The lowest BCUT2D eigenvalue weighted by Gasteiger charge is -2.17. The first-order valence-electron chi connectivity index (χ1n) is 6.38. The molecule has 1 aliphatic carbocycles. The fraction of sp³-hybridized carbons (Fsp3) is 0.267. The molecule has 0 atom stereocenters. The minimum absolute atomic E-state index is 0.0472. The Bertz CT molecular complexity index is 698. The zero-order valence-electron chi connectivity index (χ0n) is 10.8. The van der Waals surface area contributed by atoms with Crippen LogP contribution >= 0.6 is 15.9 Å². The second-order valence-electron chi connectivity index (χ2n) is 4.98. The van der Waals surface area contributed by atoms with Gasteiger partial charge in [0.05, 0.1) is 0 Å². The molecule has 0 aliphatic heterocycles. The van der Waals surface area contributed by atoms with Crippen molar-refractivity contribution in [2.45, 2.75) is 26.2 Å². The van der Waals surface area contributed by atoms with Gasteiger partial charge in [0, 0.05) is 27.8 Å². The molecule has 0 spiro atoms. The number of carbonyl (C=O) groups is 1. The molecule has 0 unspecified atom stereocenters. The van der Waals surface area contributed by atoms with Crippen LogP contribution in [-0.2, 0) is 6.42 Å². The number of halogens is 3. The molecule has 3 rings (SSSR count). The molecule has 1 aromatic heterocycles. The van der Waals surface area contributed by atoms with Gasteiger partial charge in [0.2, 0.25) is 0 Å². The summed E-state index contributed by atoms with van der Waals surface area (Å²) in [5.41, 5.74) is 1.86. The molecule has 20 heavy (non-hydrogen) atoms. The van der Waals surface area contributed by atoms with E-state index in [4.69, 9.17) is 0 Å². The molecule has 0 N–H and O–H groups in total. The summed E-state index contributed by atoms with van der Waals surface area (Å²) in [4.78, 5) is 11.9. The highest BCUT2D eigenvalue weighted by atomic mass is 79.9. The summed E-state index contributed by atoms with van der Waals surface area (Å²) in [5.74, 6) is -1.24. The largest absolute Gasteiger partial charge is 0.312 e. The first-order valence-corrected chi connectivity index (χ1v) is 7.17. The molecule has 0 saturated carbocycles. The van der Waals surface area contributed by atoms with Crippen molar-refractivity contribution in [2.75, 3.05) is 0 Å². The molecule has 0 bridgehead atoms. The highest BCUT2D eigenvalue weighted by Gasteiger charge is 2.26. The van der Waals surface area contributed by atoms with Gasteiger partial charge in [0.1, 0.15) is 5.69 Å². The number of aromatic nitrogens is 1. The fourth-order valence-corrected chi connectivity index (χ4v) is 3.19. The maximum Gasteiger partial charge on any atom is 0.164 e. The minimum atomic E-state index is -0.642. The first-order chi connectivity index (χ1) is 9.49. The summed E-state index contributed by atoms with van der Waals surface area (Å²) in [6, 6.07) is 4.18. The normalized spacial score (nSPS) is 14.5. The Morgan fingerprint density at radius 2 is 1.80 bits per heavy atom. The van der Waals surface area contributed by atoms with Crippen LogP contribution in [0.4, 0.5) is 8.78 Å². The number of carbonyl (C=O) groups excluding carboxylic acids is 1. The number of benzene rings is 1. The molecule has 0 amide bonds. The van der Waals surface area contributed by atoms with E-state index in [2.05, 4.69) is 15.9 Å². The van der Waals surface area contributed by atoms with Crippen LogP contribution in [0.2, 0.25) is 0 Å². The van der Waals surface area contributed by atoms with Gasteiger partial charge in [-0.1, -0.05) is 15.9 Å². The standard InChI is InChI=1S/C15H12BrF2NO/c1-8-5-10-13(3-2-4-14(10)20)19(8)15-11(17)6-9(16)7-12(15)18/h5-7H,2-4H2,1H3. The van der Waals surface area contributed by atoms with Crippen molar-refractivity contribution in [3.63, 3.8) is 0 Å². The van der Waals surface area contributed by atoms with Gasteiger partial charge in [-0.05, 0) is 38.0 Å². The minimum Gasteiger partial charge on any atom is -0.312 e. The van der Waals surface area contributed by atoms with E-state index in [-0.39, 0.29) is 11.5 Å². The van der Waals surface area contributed by atoms with Gasteiger partial charge in [0.25, 0.3) is 0 Å². The van der Waals surface area contributed by atoms with E-state index in [1.807, 2.05) is 0 Å². The first kappa shape index (κ1) is 13.5. The fourth-order valence-electron chi connectivity index (χ4n) is 2.79. The molecule has 0 radical (unpaired) electrons. The third-order valence-electron chi connectivity index (χ3n) is 3.61. The summed E-state index contributed by atoms with van der Waals surface area (Å²) in [6.07, 6.45) is 1.88. The van der Waals surface area contributed by atoms with Gasteiger partial charge in [-0.3, -0.25) is 4.79 Å². The van der Waals surface area contributed by atoms with E-state index in [0.29, 0.717) is 34.3 Å². The van der Waals surface area contributed by atoms with E-state index in [1.54, 1.807) is 13.0 Å². The summed E-state index contributed by atoms with van der Waals surface area (Å²) >= 11 is 3.07. The number of aryl methyl sites for hydroxylation is 1.